The molecular formula is C13H11ClFNOS. The van der Waals surface area contributed by atoms with Crippen LogP contribution in [0.4, 0.5) is 4.39 Å². The summed E-state index contributed by atoms with van der Waals surface area (Å²) in [6, 6.07) is 4.57. The average Bonchev–Trinajstić information content (AvgIpc) is 2.74. The molecule has 1 aliphatic rings. The molecule has 1 aromatic carbocycles. The van der Waals surface area contributed by atoms with Crippen molar-refractivity contribution < 1.29 is 9.50 Å². The number of benzene rings is 1. The van der Waals surface area contributed by atoms with E-state index in [0.29, 0.717) is 15.6 Å². The fourth-order valence-electron chi connectivity index (χ4n) is 2.17. The minimum absolute atomic E-state index is 0.372. The van der Waals surface area contributed by atoms with E-state index in [1.54, 1.807) is 12.1 Å². The molecule has 18 heavy (non-hydrogen) atoms. The van der Waals surface area contributed by atoms with Crippen LogP contribution in [0.5, 0.6) is 0 Å². The molecule has 1 heterocycles. The second-order valence-electron chi connectivity index (χ2n) is 4.36. The Hall–Kier alpha value is -0.970. The molecule has 2 aromatic rings. The lowest BCUT2D eigenvalue weighted by atomic mass is 10.0. The smallest absolute Gasteiger partial charge is 0.134 e. The molecule has 0 saturated heterocycles. The van der Waals surface area contributed by atoms with Crippen molar-refractivity contribution in [3.63, 3.8) is 0 Å². The van der Waals surface area contributed by atoms with Crippen LogP contribution < -0.4 is 0 Å². The van der Waals surface area contributed by atoms with Gasteiger partial charge in [0.1, 0.15) is 10.8 Å². The lowest BCUT2D eigenvalue weighted by Gasteiger charge is -2.14. The molecule has 5 heteroatoms. The van der Waals surface area contributed by atoms with Gasteiger partial charge in [-0.2, -0.15) is 0 Å². The Morgan fingerprint density at radius 3 is 3.00 bits per heavy atom. The third kappa shape index (κ3) is 2.05. The van der Waals surface area contributed by atoms with E-state index in [1.165, 1.54) is 17.4 Å². The molecule has 1 N–H and O–H groups in total. The van der Waals surface area contributed by atoms with Crippen LogP contribution >= 0.6 is 22.9 Å². The average molecular weight is 284 g/mol. The summed E-state index contributed by atoms with van der Waals surface area (Å²) in [5, 5.41) is 10.9. The predicted octanol–water partition coefficient (Wildman–Crippen LogP) is 3.97. The van der Waals surface area contributed by atoms with Crippen LogP contribution in [0.2, 0.25) is 5.02 Å². The van der Waals surface area contributed by atoms with Crippen molar-refractivity contribution in [3.8, 4) is 10.6 Å². The first-order valence-corrected chi connectivity index (χ1v) is 6.97. The molecule has 0 spiro atoms. The number of aliphatic hydroxyl groups excluding tert-OH is 1. The zero-order valence-electron chi connectivity index (χ0n) is 9.49. The van der Waals surface area contributed by atoms with E-state index in [-0.39, 0.29) is 5.82 Å². The molecule has 0 amide bonds. The summed E-state index contributed by atoms with van der Waals surface area (Å²) in [6.45, 7) is 0. The molecule has 0 fully saturated rings. The van der Waals surface area contributed by atoms with E-state index >= 15 is 0 Å². The molecule has 0 aliphatic heterocycles. The first-order valence-electron chi connectivity index (χ1n) is 5.78. The number of fused-ring (bicyclic) bond motifs is 1. The lowest BCUT2D eigenvalue weighted by molar-refractivity contribution is 0.153. The van der Waals surface area contributed by atoms with Crippen LogP contribution in [0, 0.1) is 5.82 Å². The number of halogens is 2. The largest absolute Gasteiger partial charge is 0.387 e. The maximum atomic E-state index is 13.8. The molecule has 0 radical (unpaired) electrons. The van der Waals surface area contributed by atoms with Gasteiger partial charge in [0.25, 0.3) is 0 Å². The number of aromatic nitrogens is 1. The van der Waals surface area contributed by atoms with Crippen LogP contribution in [-0.2, 0) is 6.42 Å². The van der Waals surface area contributed by atoms with Gasteiger partial charge in [0.05, 0.1) is 11.8 Å². The zero-order valence-corrected chi connectivity index (χ0v) is 11.1. The number of thiazole rings is 1. The Balaban J connectivity index is 2.07. The second-order valence-corrected chi connectivity index (χ2v) is 5.88. The molecule has 1 aromatic heterocycles. The van der Waals surface area contributed by atoms with Gasteiger partial charge < -0.3 is 5.11 Å². The quantitative estimate of drug-likeness (QED) is 0.859. The molecular weight excluding hydrogens is 273 g/mol. The highest BCUT2D eigenvalue weighted by atomic mass is 35.5. The number of hydrogen-bond donors (Lipinski definition) is 1. The highest BCUT2D eigenvalue weighted by Crippen LogP contribution is 2.38. The molecule has 3 rings (SSSR count). The second kappa shape index (κ2) is 4.61. The summed E-state index contributed by atoms with van der Waals surface area (Å²) >= 11 is 7.19. The van der Waals surface area contributed by atoms with Crippen molar-refractivity contribution in [1.29, 1.82) is 0 Å². The van der Waals surface area contributed by atoms with E-state index in [0.717, 1.165) is 29.8 Å². The number of hydrogen-bond acceptors (Lipinski definition) is 3. The standard InChI is InChI=1S/C13H11ClFNOS/c14-7-4-5-8(9(15)6-7)13-16-12-10(17)2-1-3-11(12)18-13/h4-6,10,17H,1-3H2. The molecule has 1 atom stereocenters. The van der Waals surface area contributed by atoms with E-state index in [4.69, 9.17) is 11.6 Å². The zero-order chi connectivity index (χ0) is 12.7. The Labute approximate surface area is 113 Å². The Morgan fingerprint density at radius 1 is 1.44 bits per heavy atom. The maximum absolute atomic E-state index is 13.8. The van der Waals surface area contributed by atoms with Crippen LogP contribution in [0.15, 0.2) is 18.2 Å². The van der Waals surface area contributed by atoms with Gasteiger partial charge in [0, 0.05) is 15.5 Å². The van der Waals surface area contributed by atoms with Gasteiger partial charge >= 0.3 is 0 Å². The van der Waals surface area contributed by atoms with E-state index in [1.807, 2.05) is 0 Å². The van der Waals surface area contributed by atoms with E-state index in [9.17, 15) is 9.50 Å². The fraction of sp³-hybridized carbons (Fsp3) is 0.308. The molecule has 94 valence electrons. The van der Waals surface area contributed by atoms with Crippen molar-refractivity contribution in [1.82, 2.24) is 4.98 Å². The summed E-state index contributed by atoms with van der Waals surface area (Å²) in [4.78, 5) is 5.45. The topological polar surface area (TPSA) is 33.1 Å². The van der Waals surface area contributed by atoms with Gasteiger partial charge in [-0.05, 0) is 37.5 Å². The third-order valence-electron chi connectivity index (χ3n) is 3.09. The summed E-state index contributed by atoms with van der Waals surface area (Å²) in [5.41, 5.74) is 1.17. The number of aryl methyl sites for hydroxylation is 1. The summed E-state index contributed by atoms with van der Waals surface area (Å²) < 4.78 is 13.8. The molecule has 1 unspecified atom stereocenters. The van der Waals surface area contributed by atoms with Crippen molar-refractivity contribution in [2.75, 3.05) is 0 Å². The molecule has 2 nitrogen and oxygen atoms in total. The maximum Gasteiger partial charge on any atom is 0.134 e. The fourth-order valence-corrected chi connectivity index (χ4v) is 3.52. The number of aliphatic hydroxyl groups is 1. The Kier molecular flexibility index (Phi) is 3.09. The van der Waals surface area contributed by atoms with Crippen molar-refractivity contribution in [2.24, 2.45) is 0 Å². The predicted molar refractivity (Wildman–Crippen MR) is 70.4 cm³/mol. The highest BCUT2D eigenvalue weighted by molar-refractivity contribution is 7.15. The van der Waals surface area contributed by atoms with Gasteiger partial charge in [-0.25, -0.2) is 9.37 Å². The van der Waals surface area contributed by atoms with Gasteiger partial charge in [-0.3, -0.25) is 0 Å². The minimum atomic E-state index is -0.505. The normalized spacial score (nSPS) is 18.7. The summed E-state index contributed by atoms with van der Waals surface area (Å²) in [5.74, 6) is -0.372. The van der Waals surface area contributed by atoms with Crippen LogP contribution in [-0.4, -0.2) is 10.1 Å². The molecule has 0 bridgehead atoms. The van der Waals surface area contributed by atoms with Gasteiger partial charge in [0.2, 0.25) is 0 Å². The van der Waals surface area contributed by atoms with Gasteiger partial charge in [0.15, 0.2) is 0 Å². The number of nitrogens with zero attached hydrogens (tertiary/aromatic N) is 1. The van der Waals surface area contributed by atoms with Gasteiger partial charge in [-0.15, -0.1) is 11.3 Å². The third-order valence-corrected chi connectivity index (χ3v) is 4.49. The van der Waals surface area contributed by atoms with Crippen molar-refractivity contribution in [2.45, 2.75) is 25.4 Å². The Bertz CT molecular complexity index is 599. The molecule has 1 aliphatic carbocycles. The van der Waals surface area contributed by atoms with Crippen LogP contribution in [0.25, 0.3) is 10.6 Å². The van der Waals surface area contributed by atoms with E-state index in [2.05, 4.69) is 4.98 Å². The highest BCUT2D eigenvalue weighted by Gasteiger charge is 2.24. The van der Waals surface area contributed by atoms with Crippen molar-refractivity contribution >= 4 is 22.9 Å². The van der Waals surface area contributed by atoms with Gasteiger partial charge in [-0.1, -0.05) is 11.6 Å². The SMILES string of the molecule is OC1CCCc2sc(-c3ccc(Cl)cc3F)nc21. The molecule has 0 saturated carbocycles. The van der Waals surface area contributed by atoms with E-state index < -0.39 is 6.10 Å². The summed E-state index contributed by atoms with van der Waals surface area (Å²) in [7, 11) is 0. The summed E-state index contributed by atoms with van der Waals surface area (Å²) in [6.07, 6.45) is 2.10. The first-order chi connectivity index (χ1) is 8.65. The van der Waals surface area contributed by atoms with Crippen LogP contribution in [0.3, 0.4) is 0 Å². The van der Waals surface area contributed by atoms with Crippen molar-refractivity contribution in [3.05, 3.63) is 39.6 Å². The monoisotopic (exact) mass is 283 g/mol. The Morgan fingerprint density at radius 2 is 2.28 bits per heavy atom. The lowest BCUT2D eigenvalue weighted by Crippen LogP contribution is -2.07. The first kappa shape index (κ1) is 12.1. The number of rotatable bonds is 1. The minimum Gasteiger partial charge on any atom is -0.387 e. The van der Waals surface area contributed by atoms with Crippen LogP contribution in [0.1, 0.15) is 29.5 Å².